The molecule has 10 aromatic rings. The van der Waals surface area contributed by atoms with Crippen molar-refractivity contribution in [1.29, 1.82) is 0 Å². The highest BCUT2D eigenvalue weighted by molar-refractivity contribution is 6.18. The second-order valence-electron chi connectivity index (χ2n) is 12.4. The number of hydrogen-bond donors (Lipinski definition) is 0. The normalized spacial score (nSPS) is 11.6. The highest BCUT2D eigenvalue weighted by Crippen LogP contribution is 2.43. The van der Waals surface area contributed by atoms with Gasteiger partial charge >= 0.3 is 0 Å². The Balaban J connectivity index is 1.14. The van der Waals surface area contributed by atoms with Gasteiger partial charge in [-0.05, 0) is 29.3 Å². The smallest absolute Gasteiger partial charge is 0.164 e. The lowest BCUT2D eigenvalue weighted by atomic mass is 9.96. The molecule has 0 radical (unpaired) electrons. The molecule has 0 bridgehead atoms. The van der Waals surface area contributed by atoms with Gasteiger partial charge in [-0.1, -0.05) is 146 Å². The van der Waals surface area contributed by atoms with Gasteiger partial charge in [-0.15, -0.1) is 0 Å². The van der Waals surface area contributed by atoms with Gasteiger partial charge in [0.25, 0.3) is 0 Å². The van der Waals surface area contributed by atoms with Crippen molar-refractivity contribution in [3.63, 3.8) is 0 Å². The van der Waals surface area contributed by atoms with Gasteiger partial charge in [0.15, 0.2) is 17.5 Å². The van der Waals surface area contributed by atoms with Crippen molar-refractivity contribution < 1.29 is 8.83 Å². The number of fused-ring (bicyclic) bond motifs is 6. The Morgan fingerprint density at radius 1 is 0.320 bits per heavy atom. The number of aromatic nitrogens is 3. The second-order valence-corrected chi connectivity index (χ2v) is 12.4. The maximum atomic E-state index is 6.69. The molecule has 10 rings (SSSR count). The summed E-state index contributed by atoms with van der Waals surface area (Å²) in [6.45, 7) is 0. The predicted molar refractivity (Wildman–Crippen MR) is 202 cm³/mol. The molecule has 7 aromatic carbocycles. The zero-order valence-corrected chi connectivity index (χ0v) is 26.7. The van der Waals surface area contributed by atoms with Crippen molar-refractivity contribution in [1.82, 2.24) is 15.0 Å². The van der Waals surface area contributed by atoms with E-state index in [1.54, 1.807) is 0 Å². The average molecular weight is 642 g/mol. The van der Waals surface area contributed by atoms with Crippen LogP contribution in [0.2, 0.25) is 0 Å². The molecule has 3 aromatic heterocycles. The van der Waals surface area contributed by atoms with E-state index in [2.05, 4.69) is 78.9 Å². The molecule has 5 nitrogen and oxygen atoms in total. The summed E-state index contributed by atoms with van der Waals surface area (Å²) >= 11 is 0. The van der Waals surface area contributed by atoms with Crippen LogP contribution in [-0.2, 0) is 0 Å². The van der Waals surface area contributed by atoms with Crippen LogP contribution in [0.1, 0.15) is 0 Å². The summed E-state index contributed by atoms with van der Waals surface area (Å²) in [5.74, 6) is 1.88. The SMILES string of the molecule is c1ccc(-c2nc(-c3ccccc3)nc(-c3cccc(-c4cccc5oc6c(-c7cccc8c7oc7ccccc78)cccc6c45)c3)n2)cc1. The lowest BCUT2D eigenvalue weighted by molar-refractivity contribution is 0.665. The van der Waals surface area contributed by atoms with E-state index < -0.39 is 0 Å². The summed E-state index contributed by atoms with van der Waals surface area (Å²) in [7, 11) is 0. The summed E-state index contributed by atoms with van der Waals surface area (Å²) in [5, 5.41) is 4.30. The van der Waals surface area contributed by atoms with E-state index in [4.69, 9.17) is 23.8 Å². The van der Waals surface area contributed by atoms with Crippen molar-refractivity contribution in [3.8, 4) is 56.4 Å². The molecule has 0 aliphatic heterocycles. The van der Waals surface area contributed by atoms with Crippen LogP contribution >= 0.6 is 0 Å². The predicted octanol–water partition coefficient (Wildman–Crippen LogP) is 12.0. The standard InChI is InChI=1S/C45H27N3O2/c1-3-13-28(14-4-1)43-46-44(29-15-5-2-6-16-29)48-45(47-43)31-18-9-17-30(27-31)32-20-12-26-39-40(32)37-24-11-23-36(42(37)50-39)35-22-10-21-34-33-19-7-8-25-38(33)49-41(34)35/h1-27H. The zero-order chi connectivity index (χ0) is 33.0. The topological polar surface area (TPSA) is 65.0 Å². The van der Waals surface area contributed by atoms with Crippen molar-refractivity contribution in [2.45, 2.75) is 0 Å². The first kappa shape index (κ1) is 28.2. The number of para-hydroxylation sites is 3. The fourth-order valence-corrected chi connectivity index (χ4v) is 7.02. The molecule has 50 heavy (non-hydrogen) atoms. The monoisotopic (exact) mass is 641 g/mol. The van der Waals surface area contributed by atoms with Crippen LogP contribution in [0.15, 0.2) is 173 Å². The summed E-state index contributed by atoms with van der Waals surface area (Å²) in [6.07, 6.45) is 0. The highest BCUT2D eigenvalue weighted by Gasteiger charge is 2.20. The minimum atomic E-state index is 0.616. The number of benzene rings is 7. The first-order valence-electron chi connectivity index (χ1n) is 16.6. The Morgan fingerprint density at radius 2 is 0.780 bits per heavy atom. The number of furan rings is 2. The van der Waals surface area contributed by atoms with Crippen LogP contribution in [-0.4, -0.2) is 15.0 Å². The van der Waals surface area contributed by atoms with E-state index in [1.807, 2.05) is 84.9 Å². The Labute approximate surface area is 287 Å². The van der Waals surface area contributed by atoms with Crippen molar-refractivity contribution in [2.24, 2.45) is 0 Å². The first-order chi connectivity index (χ1) is 24.8. The molecule has 0 fully saturated rings. The van der Waals surface area contributed by atoms with Crippen LogP contribution in [0.4, 0.5) is 0 Å². The van der Waals surface area contributed by atoms with E-state index in [9.17, 15) is 0 Å². The van der Waals surface area contributed by atoms with Crippen LogP contribution in [0.3, 0.4) is 0 Å². The molecule has 0 aliphatic carbocycles. The van der Waals surface area contributed by atoms with Crippen LogP contribution in [0.5, 0.6) is 0 Å². The summed E-state index contributed by atoms with van der Waals surface area (Å²) < 4.78 is 13.1. The third-order valence-electron chi connectivity index (χ3n) is 9.35. The molecule has 5 heteroatoms. The molecular formula is C45H27N3O2. The first-order valence-corrected chi connectivity index (χ1v) is 16.6. The Kier molecular flexibility index (Phi) is 6.42. The molecule has 0 saturated heterocycles. The molecule has 0 N–H and O–H groups in total. The van der Waals surface area contributed by atoms with Crippen LogP contribution < -0.4 is 0 Å². The average Bonchev–Trinajstić information content (AvgIpc) is 3.77. The summed E-state index contributed by atoms with van der Waals surface area (Å²) in [4.78, 5) is 14.8. The van der Waals surface area contributed by atoms with Crippen molar-refractivity contribution >= 4 is 43.9 Å². The molecule has 0 saturated carbocycles. The van der Waals surface area contributed by atoms with E-state index in [0.717, 1.165) is 82.8 Å². The maximum absolute atomic E-state index is 6.69. The highest BCUT2D eigenvalue weighted by atomic mass is 16.3. The van der Waals surface area contributed by atoms with E-state index >= 15 is 0 Å². The second kappa shape index (κ2) is 11.4. The Bertz CT molecular complexity index is 2810. The van der Waals surface area contributed by atoms with Crippen LogP contribution in [0, 0.1) is 0 Å². The van der Waals surface area contributed by atoms with Gasteiger partial charge in [0, 0.05) is 49.4 Å². The fourth-order valence-electron chi connectivity index (χ4n) is 7.02. The van der Waals surface area contributed by atoms with Gasteiger partial charge in [0.1, 0.15) is 22.3 Å². The van der Waals surface area contributed by atoms with Gasteiger partial charge in [0.05, 0.1) is 0 Å². The third kappa shape index (κ3) is 4.60. The van der Waals surface area contributed by atoms with Gasteiger partial charge in [0.2, 0.25) is 0 Å². The molecular weight excluding hydrogens is 615 g/mol. The largest absolute Gasteiger partial charge is 0.455 e. The molecule has 0 spiro atoms. The van der Waals surface area contributed by atoms with E-state index in [0.29, 0.717) is 17.5 Å². The molecule has 3 heterocycles. The molecule has 0 unspecified atom stereocenters. The minimum absolute atomic E-state index is 0.616. The summed E-state index contributed by atoms with van der Waals surface area (Å²) in [6, 6.07) is 55.6. The molecule has 0 atom stereocenters. The van der Waals surface area contributed by atoms with Gasteiger partial charge in [-0.25, -0.2) is 15.0 Å². The lowest BCUT2D eigenvalue weighted by Gasteiger charge is -2.10. The number of hydrogen-bond acceptors (Lipinski definition) is 5. The van der Waals surface area contributed by atoms with E-state index in [1.165, 1.54) is 0 Å². The third-order valence-corrected chi connectivity index (χ3v) is 9.35. The lowest BCUT2D eigenvalue weighted by Crippen LogP contribution is -2.00. The summed E-state index contributed by atoms with van der Waals surface area (Å²) in [5.41, 5.74) is 10.3. The van der Waals surface area contributed by atoms with Crippen LogP contribution in [0.25, 0.3) is 100 Å². The number of rotatable bonds is 5. The Morgan fingerprint density at radius 3 is 1.50 bits per heavy atom. The van der Waals surface area contributed by atoms with Gasteiger partial charge in [-0.3, -0.25) is 0 Å². The minimum Gasteiger partial charge on any atom is -0.455 e. The van der Waals surface area contributed by atoms with Gasteiger partial charge < -0.3 is 8.83 Å². The quantitative estimate of drug-likeness (QED) is 0.187. The maximum Gasteiger partial charge on any atom is 0.164 e. The Hall–Kier alpha value is -6.85. The fraction of sp³-hybridized carbons (Fsp3) is 0. The zero-order valence-electron chi connectivity index (χ0n) is 26.7. The van der Waals surface area contributed by atoms with Crippen molar-refractivity contribution in [2.75, 3.05) is 0 Å². The van der Waals surface area contributed by atoms with Gasteiger partial charge in [-0.2, -0.15) is 0 Å². The van der Waals surface area contributed by atoms with E-state index in [-0.39, 0.29) is 0 Å². The molecule has 0 amide bonds. The number of nitrogens with zero attached hydrogens (tertiary/aromatic N) is 3. The molecule has 0 aliphatic rings. The van der Waals surface area contributed by atoms with Crippen molar-refractivity contribution in [3.05, 3.63) is 164 Å². The molecule has 234 valence electrons.